The van der Waals surface area contributed by atoms with Crippen molar-refractivity contribution in [1.29, 1.82) is 0 Å². The summed E-state index contributed by atoms with van der Waals surface area (Å²) in [7, 11) is 0. The molecule has 3 aromatic rings. The molecule has 9 heteroatoms. The van der Waals surface area contributed by atoms with Gasteiger partial charge in [-0.2, -0.15) is 20.3 Å². The van der Waals surface area contributed by atoms with Crippen molar-refractivity contribution in [2.45, 2.75) is 19.9 Å². The first-order valence-corrected chi connectivity index (χ1v) is 10.3. The maximum atomic E-state index is 12.8. The summed E-state index contributed by atoms with van der Waals surface area (Å²) >= 11 is 13.4. The van der Waals surface area contributed by atoms with Gasteiger partial charge in [0, 0.05) is 16.0 Å². The summed E-state index contributed by atoms with van der Waals surface area (Å²) in [6, 6.07) is 12.1. The zero-order valence-electron chi connectivity index (χ0n) is 15.5. The monoisotopic (exact) mass is 443 g/mol. The topological polar surface area (TPSA) is 70.3 Å². The quantitative estimate of drug-likeness (QED) is 0.443. The molecule has 1 aliphatic rings. The van der Waals surface area contributed by atoms with Gasteiger partial charge in [0.05, 0.1) is 16.4 Å². The fourth-order valence-electron chi connectivity index (χ4n) is 2.73. The number of rotatable bonds is 4. The molecule has 0 aliphatic carbocycles. The lowest BCUT2D eigenvalue weighted by atomic mass is 10.1. The predicted molar refractivity (Wildman–Crippen MR) is 118 cm³/mol. The maximum Gasteiger partial charge on any atom is 0.282 e. The predicted octanol–water partition coefficient (Wildman–Crippen LogP) is 6.30. The summed E-state index contributed by atoms with van der Waals surface area (Å²) in [5.74, 6) is -0.311. The molecule has 0 saturated carbocycles. The van der Waals surface area contributed by atoms with E-state index in [1.165, 1.54) is 21.9 Å². The van der Waals surface area contributed by atoms with Gasteiger partial charge < -0.3 is 0 Å². The Hall–Kier alpha value is -2.61. The van der Waals surface area contributed by atoms with E-state index in [9.17, 15) is 4.79 Å². The summed E-state index contributed by atoms with van der Waals surface area (Å²) < 4.78 is 0. The van der Waals surface area contributed by atoms with E-state index in [4.69, 9.17) is 23.2 Å². The molecule has 0 radical (unpaired) electrons. The van der Waals surface area contributed by atoms with E-state index in [1.807, 2.05) is 36.6 Å². The normalized spacial score (nSPS) is 16.7. The summed E-state index contributed by atoms with van der Waals surface area (Å²) in [5.41, 5.74) is 3.88. The highest BCUT2D eigenvalue weighted by atomic mass is 35.5. The van der Waals surface area contributed by atoms with E-state index < -0.39 is 6.04 Å². The summed E-state index contributed by atoms with van der Waals surface area (Å²) in [4.78, 5) is 17.4. The number of hydrogen-bond acceptors (Lipinski definition) is 6. The van der Waals surface area contributed by atoms with E-state index in [0.29, 0.717) is 26.6 Å². The van der Waals surface area contributed by atoms with Crippen molar-refractivity contribution in [3.05, 3.63) is 63.5 Å². The number of benzene rings is 2. The Morgan fingerprint density at radius 2 is 1.86 bits per heavy atom. The average molecular weight is 444 g/mol. The number of azo groups is 1. The third kappa shape index (κ3) is 4.07. The van der Waals surface area contributed by atoms with Gasteiger partial charge in [-0.3, -0.25) is 4.79 Å². The van der Waals surface area contributed by atoms with Crippen molar-refractivity contribution >= 4 is 57.0 Å². The lowest BCUT2D eigenvalue weighted by Crippen LogP contribution is -2.29. The van der Waals surface area contributed by atoms with Crippen molar-refractivity contribution in [2.24, 2.45) is 15.3 Å². The second-order valence-electron chi connectivity index (χ2n) is 6.49. The Bertz CT molecular complexity index is 1140. The minimum atomic E-state index is -0.822. The molecule has 1 aromatic heterocycles. The van der Waals surface area contributed by atoms with Crippen molar-refractivity contribution in [1.82, 2.24) is 4.98 Å². The van der Waals surface area contributed by atoms with Crippen LogP contribution in [-0.4, -0.2) is 22.6 Å². The Balaban J connectivity index is 1.55. The third-order valence-corrected chi connectivity index (χ3v) is 5.68. The second kappa shape index (κ2) is 8.02. The Labute approximate surface area is 181 Å². The minimum Gasteiger partial charge on any atom is -0.269 e. The standard InChI is InChI=1S/C20H15Cl2N5OS/c1-11-3-5-13(6-4-11)17-10-29-20(23-17)27-19(28)18(12(2)26-27)25-24-16-9-14(21)7-8-15(16)22/h3-10,18H,1-2H3/t18-/m1/s1. The van der Waals surface area contributed by atoms with Crippen molar-refractivity contribution in [3.63, 3.8) is 0 Å². The molecule has 29 heavy (non-hydrogen) atoms. The van der Waals surface area contributed by atoms with Crippen LogP contribution in [0.2, 0.25) is 10.0 Å². The van der Waals surface area contributed by atoms with Gasteiger partial charge in [0.2, 0.25) is 5.13 Å². The number of thiazole rings is 1. The van der Waals surface area contributed by atoms with Gasteiger partial charge in [0.1, 0.15) is 5.69 Å². The van der Waals surface area contributed by atoms with Gasteiger partial charge in [-0.25, -0.2) is 4.98 Å². The number of hydrazone groups is 1. The Kier molecular flexibility index (Phi) is 5.45. The first-order valence-electron chi connectivity index (χ1n) is 8.70. The zero-order valence-corrected chi connectivity index (χ0v) is 17.8. The molecule has 6 nitrogen and oxygen atoms in total. The molecule has 0 unspecified atom stereocenters. The third-order valence-electron chi connectivity index (χ3n) is 4.31. The molecule has 0 bridgehead atoms. The average Bonchev–Trinajstić information content (AvgIpc) is 3.28. The van der Waals surface area contributed by atoms with Crippen LogP contribution >= 0.6 is 34.5 Å². The summed E-state index contributed by atoms with van der Waals surface area (Å²) in [6.07, 6.45) is 0. The van der Waals surface area contributed by atoms with Crippen LogP contribution in [0.4, 0.5) is 10.8 Å². The van der Waals surface area contributed by atoms with Crippen molar-refractivity contribution in [3.8, 4) is 11.3 Å². The maximum absolute atomic E-state index is 12.8. The molecule has 0 N–H and O–H groups in total. The summed E-state index contributed by atoms with van der Waals surface area (Å²) in [5, 5.41) is 17.1. The lowest BCUT2D eigenvalue weighted by Gasteiger charge is -2.08. The van der Waals surface area contributed by atoms with Crippen LogP contribution in [-0.2, 0) is 4.79 Å². The van der Waals surface area contributed by atoms with Gasteiger partial charge in [-0.15, -0.1) is 11.3 Å². The molecule has 1 atom stereocenters. The van der Waals surface area contributed by atoms with Crippen molar-refractivity contribution in [2.75, 3.05) is 5.01 Å². The largest absolute Gasteiger partial charge is 0.282 e. The first kappa shape index (κ1) is 19.7. The SMILES string of the molecule is CC1=NN(c2nc(-c3ccc(C)cc3)cs2)C(=O)[C@@H]1N=Nc1cc(Cl)ccc1Cl. The second-order valence-corrected chi connectivity index (χ2v) is 8.17. The summed E-state index contributed by atoms with van der Waals surface area (Å²) in [6.45, 7) is 3.76. The lowest BCUT2D eigenvalue weighted by molar-refractivity contribution is -0.117. The van der Waals surface area contributed by atoms with Crippen molar-refractivity contribution < 1.29 is 4.79 Å². The molecule has 0 fully saturated rings. The molecule has 2 aromatic carbocycles. The van der Waals surface area contributed by atoms with Crippen LogP contribution in [0.15, 0.2) is 63.2 Å². The van der Waals surface area contributed by atoms with Crippen LogP contribution in [0, 0.1) is 6.92 Å². The fourth-order valence-corrected chi connectivity index (χ4v) is 3.84. The highest BCUT2D eigenvalue weighted by Crippen LogP contribution is 2.32. The highest BCUT2D eigenvalue weighted by molar-refractivity contribution is 7.14. The molecule has 1 amide bonds. The Morgan fingerprint density at radius 3 is 2.62 bits per heavy atom. The van der Waals surface area contributed by atoms with Crippen LogP contribution in [0.5, 0.6) is 0 Å². The van der Waals surface area contributed by atoms with Crippen LogP contribution in [0.25, 0.3) is 11.3 Å². The number of aromatic nitrogens is 1. The van der Waals surface area contributed by atoms with E-state index in [-0.39, 0.29) is 5.91 Å². The van der Waals surface area contributed by atoms with E-state index >= 15 is 0 Å². The highest BCUT2D eigenvalue weighted by Gasteiger charge is 2.36. The molecule has 2 heterocycles. The number of hydrogen-bond donors (Lipinski definition) is 0. The zero-order chi connectivity index (χ0) is 20.5. The molecule has 0 spiro atoms. The number of nitrogens with zero attached hydrogens (tertiary/aromatic N) is 5. The molecule has 4 rings (SSSR count). The number of anilines is 1. The number of amides is 1. The first-order chi connectivity index (χ1) is 13.9. The van der Waals surface area contributed by atoms with Gasteiger partial charge in [-0.1, -0.05) is 53.0 Å². The molecular weight excluding hydrogens is 429 g/mol. The fraction of sp³-hybridized carbons (Fsp3) is 0.150. The molecule has 146 valence electrons. The number of aryl methyl sites for hydroxylation is 1. The van der Waals surface area contributed by atoms with E-state index in [2.05, 4.69) is 20.3 Å². The number of halogens is 2. The molecule has 0 saturated heterocycles. The van der Waals surface area contributed by atoms with E-state index in [1.54, 1.807) is 25.1 Å². The molecule has 1 aliphatic heterocycles. The van der Waals surface area contributed by atoms with Crippen LogP contribution in [0.3, 0.4) is 0 Å². The van der Waals surface area contributed by atoms with Crippen LogP contribution < -0.4 is 5.01 Å². The van der Waals surface area contributed by atoms with Gasteiger partial charge in [0.25, 0.3) is 5.91 Å². The smallest absolute Gasteiger partial charge is 0.269 e. The van der Waals surface area contributed by atoms with Gasteiger partial charge in [-0.05, 0) is 32.0 Å². The van der Waals surface area contributed by atoms with Gasteiger partial charge in [0.15, 0.2) is 6.04 Å². The Morgan fingerprint density at radius 1 is 1.10 bits per heavy atom. The van der Waals surface area contributed by atoms with Crippen LogP contribution in [0.1, 0.15) is 12.5 Å². The number of carbonyl (C=O) groups excluding carboxylic acids is 1. The molecular formula is C20H15Cl2N5OS. The number of carbonyl (C=O) groups is 1. The van der Waals surface area contributed by atoms with Gasteiger partial charge >= 0.3 is 0 Å². The van der Waals surface area contributed by atoms with E-state index in [0.717, 1.165) is 11.3 Å². The minimum absolute atomic E-state index is 0.311.